The molecule has 2 aliphatic rings. The molecule has 2 atom stereocenters. The van der Waals surface area contributed by atoms with Crippen LogP contribution in [-0.2, 0) is 9.84 Å². The second-order valence-corrected chi connectivity index (χ2v) is 9.75. The van der Waals surface area contributed by atoms with Crippen LogP contribution in [0.3, 0.4) is 0 Å². The first kappa shape index (κ1) is 16.5. The van der Waals surface area contributed by atoms with Crippen LogP contribution in [0.25, 0.3) is 11.1 Å². The molecule has 2 fully saturated rings. The van der Waals surface area contributed by atoms with E-state index in [-0.39, 0.29) is 22.2 Å². The first-order valence-electron chi connectivity index (χ1n) is 8.98. The molecule has 2 saturated heterocycles. The lowest BCUT2D eigenvalue weighted by Crippen LogP contribution is -2.45. The molecule has 2 unspecified atom stereocenters. The van der Waals surface area contributed by atoms with Gasteiger partial charge in [0.2, 0.25) is 0 Å². The molecule has 0 saturated carbocycles. The highest BCUT2D eigenvalue weighted by Gasteiger charge is 2.45. The van der Waals surface area contributed by atoms with Gasteiger partial charge < -0.3 is 0 Å². The Morgan fingerprint density at radius 2 is 1.36 bits per heavy atom. The van der Waals surface area contributed by atoms with Crippen LogP contribution in [0.1, 0.15) is 42.5 Å². The van der Waals surface area contributed by atoms with Gasteiger partial charge in [0, 0.05) is 11.5 Å². The van der Waals surface area contributed by atoms with Crippen molar-refractivity contribution in [2.75, 3.05) is 0 Å². The lowest BCUT2D eigenvalue weighted by molar-refractivity contribution is 0.0894. The van der Waals surface area contributed by atoms with Crippen molar-refractivity contribution in [3.63, 3.8) is 0 Å². The molecule has 130 valence electrons. The van der Waals surface area contributed by atoms with Crippen LogP contribution in [0.2, 0.25) is 0 Å². The summed E-state index contributed by atoms with van der Waals surface area (Å²) in [6.45, 7) is 0. The zero-order valence-corrected chi connectivity index (χ0v) is 14.9. The molecule has 0 aromatic heterocycles. The van der Waals surface area contributed by atoms with Gasteiger partial charge in [-0.05, 0) is 36.8 Å². The Hall–Kier alpha value is -1.94. The summed E-state index contributed by atoms with van der Waals surface area (Å²) in [4.78, 5) is 12.9. The van der Waals surface area contributed by atoms with Crippen LogP contribution < -0.4 is 0 Å². The fourth-order valence-corrected chi connectivity index (χ4v) is 6.85. The Bertz CT molecular complexity index is 849. The summed E-state index contributed by atoms with van der Waals surface area (Å²) in [5, 5.41) is -0.616. The van der Waals surface area contributed by atoms with Crippen LogP contribution in [0, 0.1) is 5.92 Å². The fraction of sp³-hybridized carbons (Fsp3) is 0.381. The Labute approximate surface area is 149 Å². The van der Waals surface area contributed by atoms with E-state index in [0.29, 0.717) is 18.4 Å². The van der Waals surface area contributed by atoms with Crippen molar-refractivity contribution in [2.24, 2.45) is 5.92 Å². The van der Waals surface area contributed by atoms with E-state index in [2.05, 4.69) is 0 Å². The molecule has 2 aliphatic heterocycles. The van der Waals surface area contributed by atoms with Crippen LogP contribution in [0.5, 0.6) is 0 Å². The minimum Gasteiger partial charge on any atom is -0.294 e. The molecule has 2 aromatic carbocycles. The summed E-state index contributed by atoms with van der Waals surface area (Å²) >= 11 is 0. The van der Waals surface area contributed by atoms with Crippen LogP contribution in [0.15, 0.2) is 54.6 Å². The van der Waals surface area contributed by atoms with Crippen LogP contribution in [0.4, 0.5) is 0 Å². The van der Waals surface area contributed by atoms with Gasteiger partial charge in [-0.15, -0.1) is 0 Å². The summed E-state index contributed by atoms with van der Waals surface area (Å²) in [5.41, 5.74) is 2.90. The largest absolute Gasteiger partial charge is 0.294 e. The summed E-state index contributed by atoms with van der Waals surface area (Å²) in [7, 11) is -3.01. The number of benzene rings is 2. The summed E-state index contributed by atoms with van der Waals surface area (Å²) in [6, 6.07) is 17.8. The van der Waals surface area contributed by atoms with Gasteiger partial charge in [-0.3, -0.25) is 4.79 Å². The topological polar surface area (TPSA) is 51.2 Å². The molecule has 0 N–H and O–H groups in total. The standard InChI is InChI=1S/C21H22O3S/c22-21(18-13-19-7-4-8-20(14-18)25(19,23)24)17-11-9-16(10-12-17)15-5-2-1-3-6-15/h1-3,5-6,9-12,18-20H,4,7-8,13-14H2. The van der Waals surface area contributed by atoms with Crippen molar-refractivity contribution < 1.29 is 13.2 Å². The predicted molar refractivity (Wildman–Crippen MR) is 99.3 cm³/mol. The quantitative estimate of drug-likeness (QED) is 0.773. The van der Waals surface area contributed by atoms with Gasteiger partial charge in [0.05, 0.1) is 10.5 Å². The van der Waals surface area contributed by atoms with Crippen molar-refractivity contribution in [3.8, 4) is 11.1 Å². The lowest BCUT2D eigenvalue weighted by atomic mass is 9.84. The van der Waals surface area contributed by atoms with E-state index in [9.17, 15) is 13.2 Å². The highest BCUT2D eigenvalue weighted by Crippen LogP contribution is 2.40. The molecule has 3 nitrogen and oxygen atoms in total. The Balaban J connectivity index is 1.54. The number of rotatable bonds is 3. The smallest absolute Gasteiger partial charge is 0.166 e. The molecule has 0 radical (unpaired) electrons. The maximum atomic E-state index is 12.9. The lowest BCUT2D eigenvalue weighted by Gasteiger charge is -2.38. The zero-order valence-electron chi connectivity index (χ0n) is 14.1. The van der Waals surface area contributed by atoms with Gasteiger partial charge in [0.25, 0.3) is 0 Å². The number of carbonyl (C=O) groups is 1. The van der Waals surface area contributed by atoms with Crippen molar-refractivity contribution in [3.05, 3.63) is 60.2 Å². The second kappa shape index (κ2) is 6.41. The average molecular weight is 354 g/mol. The third-order valence-electron chi connectivity index (χ3n) is 5.72. The highest BCUT2D eigenvalue weighted by molar-refractivity contribution is 7.92. The Morgan fingerprint density at radius 3 is 1.96 bits per heavy atom. The number of fused-ring (bicyclic) bond motifs is 2. The molecular formula is C21H22O3S. The molecule has 2 bridgehead atoms. The van der Waals surface area contributed by atoms with Gasteiger partial charge in [-0.1, -0.05) is 61.0 Å². The monoisotopic (exact) mass is 354 g/mol. The minimum absolute atomic E-state index is 0.103. The maximum Gasteiger partial charge on any atom is 0.166 e. The summed E-state index contributed by atoms with van der Waals surface area (Å²) < 4.78 is 24.8. The number of Topliss-reactive ketones (excluding diaryl/α,β-unsaturated/α-hetero) is 1. The van der Waals surface area contributed by atoms with E-state index in [1.54, 1.807) is 0 Å². The molecule has 0 aliphatic carbocycles. The summed E-state index contributed by atoms with van der Waals surface area (Å²) in [6.07, 6.45) is 3.41. The SMILES string of the molecule is O=C(c1ccc(-c2ccccc2)cc1)C1CC2CCCC(C1)S2(=O)=O. The summed E-state index contributed by atoms with van der Waals surface area (Å²) in [5.74, 6) is -0.0483. The van der Waals surface area contributed by atoms with Gasteiger partial charge in [-0.25, -0.2) is 8.42 Å². The number of hydrogen-bond acceptors (Lipinski definition) is 3. The Morgan fingerprint density at radius 1 is 0.800 bits per heavy atom. The minimum atomic E-state index is -3.01. The predicted octanol–water partition coefficient (Wildman–Crippen LogP) is 4.28. The molecule has 4 heteroatoms. The molecule has 25 heavy (non-hydrogen) atoms. The van der Waals surface area contributed by atoms with Crippen molar-refractivity contribution in [2.45, 2.75) is 42.6 Å². The van der Waals surface area contributed by atoms with Crippen molar-refractivity contribution in [1.29, 1.82) is 0 Å². The van der Waals surface area contributed by atoms with Gasteiger partial charge in [0.1, 0.15) is 0 Å². The van der Waals surface area contributed by atoms with E-state index < -0.39 is 9.84 Å². The number of ketones is 1. The van der Waals surface area contributed by atoms with Gasteiger partial charge in [-0.2, -0.15) is 0 Å². The van der Waals surface area contributed by atoms with E-state index in [4.69, 9.17) is 0 Å². The third kappa shape index (κ3) is 3.04. The first-order chi connectivity index (χ1) is 12.1. The first-order valence-corrected chi connectivity index (χ1v) is 10.6. The van der Waals surface area contributed by atoms with Gasteiger partial charge in [0.15, 0.2) is 15.6 Å². The van der Waals surface area contributed by atoms with Crippen LogP contribution in [-0.4, -0.2) is 24.7 Å². The van der Waals surface area contributed by atoms with E-state index >= 15 is 0 Å². The van der Waals surface area contributed by atoms with Crippen LogP contribution >= 0.6 is 0 Å². The maximum absolute atomic E-state index is 12.9. The molecule has 0 amide bonds. The molecule has 2 heterocycles. The molecular weight excluding hydrogens is 332 g/mol. The highest BCUT2D eigenvalue weighted by atomic mass is 32.2. The number of sulfone groups is 1. The van der Waals surface area contributed by atoms with Crippen molar-refractivity contribution in [1.82, 2.24) is 0 Å². The second-order valence-electron chi connectivity index (χ2n) is 7.24. The molecule has 4 rings (SSSR count). The number of carbonyl (C=O) groups excluding carboxylic acids is 1. The van der Waals surface area contributed by atoms with Gasteiger partial charge >= 0.3 is 0 Å². The van der Waals surface area contributed by atoms with E-state index in [1.165, 1.54) is 0 Å². The third-order valence-corrected chi connectivity index (χ3v) is 8.44. The average Bonchev–Trinajstić information content (AvgIpc) is 2.61. The van der Waals surface area contributed by atoms with Crippen molar-refractivity contribution >= 4 is 15.6 Å². The fourth-order valence-electron chi connectivity index (χ4n) is 4.32. The number of hydrogen-bond donors (Lipinski definition) is 0. The van der Waals surface area contributed by atoms with E-state index in [0.717, 1.165) is 30.4 Å². The zero-order chi connectivity index (χ0) is 17.4. The van der Waals surface area contributed by atoms with E-state index in [1.807, 2.05) is 54.6 Å². The Kier molecular flexibility index (Phi) is 4.24. The molecule has 0 spiro atoms. The normalized spacial score (nSPS) is 27.6. The molecule has 2 aromatic rings.